The summed E-state index contributed by atoms with van der Waals surface area (Å²) in [5.41, 5.74) is 3.25. The number of hydrogen-bond acceptors (Lipinski definition) is 2. The molecule has 0 radical (unpaired) electrons. The fraction of sp³-hybridized carbons (Fsp3) is 0.357. The zero-order chi connectivity index (χ0) is 12.4. The van der Waals surface area contributed by atoms with Gasteiger partial charge in [-0.2, -0.15) is 0 Å². The summed E-state index contributed by atoms with van der Waals surface area (Å²) >= 11 is 0. The lowest BCUT2D eigenvalue weighted by atomic mass is 10.1. The van der Waals surface area contributed by atoms with Gasteiger partial charge in [0.15, 0.2) is 5.43 Å². The van der Waals surface area contributed by atoms with Crippen LogP contribution >= 0.6 is 0 Å². The largest absolute Gasteiger partial charge is 0.372 e. The van der Waals surface area contributed by atoms with E-state index in [4.69, 9.17) is 0 Å². The smallest absolute Gasteiger partial charge is 0.189 e. The fourth-order valence-electron chi connectivity index (χ4n) is 2.22. The second-order valence-corrected chi connectivity index (χ2v) is 4.20. The lowest BCUT2D eigenvalue weighted by molar-refractivity contribution is 0.866. The molecule has 0 saturated heterocycles. The molecular formula is C14H18N2O. The highest BCUT2D eigenvalue weighted by Gasteiger charge is 2.07. The number of nitrogens with zero attached hydrogens (tertiary/aromatic N) is 1. The van der Waals surface area contributed by atoms with Crippen molar-refractivity contribution in [1.82, 2.24) is 4.98 Å². The maximum atomic E-state index is 11.8. The minimum Gasteiger partial charge on any atom is -0.372 e. The van der Waals surface area contributed by atoms with Crippen LogP contribution in [0.2, 0.25) is 0 Å². The molecule has 2 aromatic rings. The quantitative estimate of drug-likeness (QED) is 0.880. The number of anilines is 1. The molecule has 3 nitrogen and oxygen atoms in total. The molecule has 1 aromatic heterocycles. The Morgan fingerprint density at radius 2 is 1.94 bits per heavy atom. The molecule has 0 bridgehead atoms. The van der Waals surface area contributed by atoms with Gasteiger partial charge in [-0.15, -0.1) is 0 Å². The van der Waals surface area contributed by atoms with Crippen LogP contribution < -0.4 is 10.3 Å². The van der Waals surface area contributed by atoms with E-state index in [0.29, 0.717) is 0 Å². The molecule has 1 heterocycles. The van der Waals surface area contributed by atoms with Crippen molar-refractivity contribution in [2.24, 2.45) is 0 Å². The number of H-pyrrole nitrogens is 1. The molecular weight excluding hydrogens is 212 g/mol. The average Bonchev–Trinajstić information content (AvgIpc) is 2.32. The lowest BCUT2D eigenvalue weighted by Gasteiger charge is -2.22. The number of rotatable bonds is 3. The van der Waals surface area contributed by atoms with Crippen LogP contribution in [0, 0.1) is 6.92 Å². The monoisotopic (exact) mass is 230 g/mol. The number of hydrogen-bond donors (Lipinski definition) is 1. The number of aryl methyl sites for hydroxylation is 1. The van der Waals surface area contributed by atoms with E-state index < -0.39 is 0 Å². The third-order valence-electron chi connectivity index (χ3n) is 3.18. The van der Waals surface area contributed by atoms with Crippen molar-refractivity contribution in [1.29, 1.82) is 0 Å². The number of fused-ring (bicyclic) bond motifs is 1. The van der Waals surface area contributed by atoms with Gasteiger partial charge in [-0.05, 0) is 38.5 Å². The fourth-order valence-corrected chi connectivity index (χ4v) is 2.22. The number of benzene rings is 1. The van der Waals surface area contributed by atoms with Gasteiger partial charge >= 0.3 is 0 Å². The summed E-state index contributed by atoms with van der Waals surface area (Å²) in [5, 5.41) is 0.773. The Hall–Kier alpha value is -1.77. The van der Waals surface area contributed by atoms with Gasteiger partial charge in [-0.25, -0.2) is 0 Å². The van der Waals surface area contributed by atoms with Gasteiger partial charge in [0, 0.05) is 36.4 Å². The predicted molar refractivity (Wildman–Crippen MR) is 72.9 cm³/mol. The van der Waals surface area contributed by atoms with Gasteiger partial charge in [-0.3, -0.25) is 4.79 Å². The van der Waals surface area contributed by atoms with Gasteiger partial charge in [-0.1, -0.05) is 0 Å². The van der Waals surface area contributed by atoms with E-state index in [1.54, 1.807) is 12.3 Å². The van der Waals surface area contributed by atoms with Gasteiger partial charge in [0.2, 0.25) is 0 Å². The lowest BCUT2D eigenvalue weighted by Crippen LogP contribution is -2.22. The number of nitrogens with one attached hydrogen (secondary N) is 1. The summed E-state index contributed by atoms with van der Waals surface area (Å²) in [6.07, 6.45) is 1.70. The topological polar surface area (TPSA) is 36.1 Å². The minimum absolute atomic E-state index is 0.0795. The molecule has 90 valence electrons. The van der Waals surface area contributed by atoms with Crippen molar-refractivity contribution in [2.45, 2.75) is 20.8 Å². The Labute approximate surface area is 101 Å². The van der Waals surface area contributed by atoms with Crippen LogP contribution in [-0.4, -0.2) is 18.1 Å². The first kappa shape index (κ1) is 11.7. The second kappa shape index (κ2) is 4.62. The maximum absolute atomic E-state index is 11.8. The van der Waals surface area contributed by atoms with Crippen LogP contribution in [0.15, 0.2) is 29.2 Å². The van der Waals surface area contributed by atoms with E-state index in [1.165, 1.54) is 0 Å². The average molecular weight is 230 g/mol. The van der Waals surface area contributed by atoms with Crippen LogP contribution in [0.5, 0.6) is 0 Å². The summed E-state index contributed by atoms with van der Waals surface area (Å²) in [4.78, 5) is 17.2. The van der Waals surface area contributed by atoms with Crippen LogP contribution in [0.25, 0.3) is 10.9 Å². The van der Waals surface area contributed by atoms with Crippen molar-refractivity contribution in [3.63, 3.8) is 0 Å². The summed E-state index contributed by atoms with van der Waals surface area (Å²) in [5.74, 6) is 0. The molecule has 0 spiro atoms. The Balaban J connectivity index is 2.69. The highest BCUT2D eigenvalue weighted by molar-refractivity contribution is 5.85. The molecule has 0 atom stereocenters. The van der Waals surface area contributed by atoms with Crippen molar-refractivity contribution < 1.29 is 0 Å². The predicted octanol–water partition coefficient (Wildman–Crippen LogP) is 2.68. The molecule has 0 fully saturated rings. The Bertz CT molecular complexity index is 582. The van der Waals surface area contributed by atoms with Gasteiger partial charge in [0.05, 0.1) is 5.52 Å². The third-order valence-corrected chi connectivity index (χ3v) is 3.18. The molecule has 1 N–H and O–H groups in total. The summed E-state index contributed by atoms with van der Waals surface area (Å²) in [6, 6.07) is 5.69. The van der Waals surface area contributed by atoms with Crippen molar-refractivity contribution in [2.75, 3.05) is 18.0 Å². The van der Waals surface area contributed by atoms with Crippen LogP contribution in [0.3, 0.4) is 0 Å². The maximum Gasteiger partial charge on any atom is 0.189 e. The van der Waals surface area contributed by atoms with Crippen molar-refractivity contribution in [3.8, 4) is 0 Å². The number of aromatic nitrogens is 1. The molecule has 0 unspecified atom stereocenters. The molecule has 2 rings (SSSR count). The molecule has 0 saturated carbocycles. The molecule has 3 heteroatoms. The summed E-state index contributed by atoms with van der Waals surface area (Å²) < 4.78 is 0. The van der Waals surface area contributed by atoms with Gasteiger partial charge in [0.1, 0.15) is 0 Å². The highest BCUT2D eigenvalue weighted by atomic mass is 16.1. The summed E-state index contributed by atoms with van der Waals surface area (Å²) in [6.45, 7) is 8.18. The van der Waals surface area contributed by atoms with E-state index in [9.17, 15) is 4.79 Å². The van der Waals surface area contributed by atoms with E-state index in [0.717, 1.165) is 35.2 Å². The number of pyridine rings is 1. The van der Waals surface area contributed by atoms with E-state index in [1.807, 2.05) is 13.0 Å². The molecule has 17 heavy (non-hydrogen) atoms. The van der Waals surface area contributed by atoms with Crippen LogP contribution in [0.4, 0.5) is 5.69 Å². The normalized spacial score (nSPS) is 10.8. The standard InChI is InChI=1S/C14H18N2O/c1-4-16(5-2)11-8-10(3)14-12(9-11)13(17)6-7-15-14/h6-9H,4-5H2,1-3H3,(H,15,17). The first-order chi connectivity index (χ1) is 8.17. The highest BCUT2D eigenvalue weighted by Crippen LogP contribution is 2.22. The van der Waals surface area contributed by atoms with Gasteiger partial charge < -0.3 is 9.88 Å². The second-order valence-electron chi connectivity index (χ2n) is 4.20. The Morgan fingerprint density at radius 1 is 1.24 bits per heavy atom. The first-order valence-electron chi connectivity index (χ1n) is 6.04. The number of aromatic amines is 1. The molecule has 0 aliphatic carbocycles. The summed E-state index contributed by atoms with van der Waals surface area (Å²) in [7, 11) is 0. The Kier molecular flexibility index (Phi) is 3.18. The van der Waals surface area contributed by atoms with E-state index in [-0.39, 0.29) is 5.43 Å². The van der Waals surface area contributed by atoms with E-state index in [2.05, 4.69) is 29.8 Å². The first-order valence-corrected chi connectivity index (χ1v) is 6.04. The molecule has 0 aliphatic heterocycles. The van der Waals surface area contributed by atoms with Crippen LogP contribution in [-0.2, 0) is 0 Å². The zero-order valence-electron chi connectivity index (χ0n) is 10.6. The van der Waals surface area contributed by atoms with Gasteiger partial charge in [0.25, 0.3) is 0 Å². The van der Waals surface area contributed by atoms with E-state index >= 15 is 0 Å². The Morgan fingerprint density at radius 3 is 2.59 bits per heavy atom. The minimum atomic E-state index is 0.0795. The zero-order valence-corrected chi connectivity index (χ0v) is 10.6. The van der Waals surface area contributed by atoms with Crippen molar-refractivity contribution >= 4 is 16.6 Å². The molecule has 1 aromatic carbocycles. The third kappa shape index (κ3) is 2.05. The SMILES string of the molecule is CCN(CC)c1cc(C)c2[nH]ccc(=O)c2c1. The molecule has 0 amide bonds. The van der Waals surface area contributed by atoms with Crippen LogP contribution in [0.1, 0.15) is 19.4 Å². The molecule has 0 aliphatic rings. The van der Waals surface area contributed by atoms with Crippen molar-refractivity contribution in [3.05, 3.63) is 40.2 Å².